The summed E-state index contributed by atoms with van der Waals surface area (Å²) in [6.45, 7) is 6.28. The molecule has 0 radical (unpaired) electrons. The molecule has 19 heavy (non-hydrogen) atoms. The maximum atomic E-state index is 4.35. The number of halogens is 1. The summed E-state index contributed by atoms with van der Waals surface area (Å²) in [7, 11) is 0. The quantitative estimate of drug-likeness (QED) is 0.824. The number of aromatic nitrogens is 2. The number of thiophene rings is 1. The first-order valence-electron chi connectivity index (χ1n) is 6.71. The second kappa shape index (κ2) is 7.22. The number of aryl methyl sites for hydroxylation is 1. The van der Waals surface area contributed by atoms with E-state index in [4.69, 9.17) is 0 Å². The molecular weight excluding hydrogens is 322 g/mol. The fourth-order valence-corrected chi connectivity index (χ4v) is 3.28. The van der Waals surface area contributed by atoms with Crippen LogP contribution in [0.4, 0.5) is 0 Å². The summed E-state index contributed by atoms with van der Waals surface area (Å²) in [4.78, 5) is 0. The molecule has 3 nitrogen and oxygen atoms in total. The van der Waals surface area contributed by atoms with Crippen molar-refractivity contribution in [1.29, 1.82) is 0 Å². The minimum atomic E-state index is 0.372. The van der Waals surface area contributed by atoms with E-state index in [1.54, 1.807) is 11.3 Å². The summed E-state index contributed by atoms with van der Waals surface area (Å²) < 4.78 is 3.17. The highest BCUT2D eigenvalue weighted by Gasteiger charge is 2.14. The molecule has 0 aliphatic rings. The van der Waals surface area contributed by atoms with Crippen molar-refractivity contribution in [3.05, 3.63) is 38.8 Å². The van der Waals surface area contributed by atoms with Crippen LogP contribution in [-0.2, 0) is 13.0 Å². The van der Waals surface area contributed by atoms with Crippen molar-refractivity contribution in [1.82, 2.24) is 15.1 Å². The van der Waals surface area contributed by atoms with E-state index in [2.05, 4.69) is 57.8 Å². The van der Waals surface area contributed by atoms with Crippen LogP contribution in [0.25, 0.3) is 0 Å². The Morgan fingerprint density at radius 2 is 2.32 bits per heavy atom. The molecule has 1 atom stereocenters. The third kappa shape index (κ3) is 4.16. The Bertz CT molecular complexity index is 506. The van der Waals surface area contributed by atoms with Crippen LogP contribution in [-0.4, -0.2) is 16.3 Å². The van der Waals surface area contributed by atoms with Crippen molar-refractivity contribution in [3.63, 3.8) is 0 Å². The van der Waals surface area contributed by atoms with Crippen LogP contribution < -0.4 is 5.32 Å². The normalized spacial score (nSPS) is 12.8. The molecule has 0 aromatic carbocycles. The summed E-state index contributed by atoms with van der Waals surface area (Å²) in [6.07, 6.45) is 6.26. The van der Waals surface area contributed by atoms with Crippen LogP contribution in [0.1, 0.15) is 37.4 Å². The van der Waals surface area contributed by atoms with Gasteiger partial charge in [-0.05, 0) is 64.8 Å². The molecule has 2 aromatic rings. The average Bonchev–Trinajstić information content (AvgIpc) is 3.03. The molecule has 104 valence electrons. The lowest BCUT2D eigenvalue weighted by atomic mass is 10.0. The molecule has 0 aliphatic heterocycles. The summed E-state index contributed by atoms with van der Waals surface area (Å²) in [6, 6.07) is 2.58. The second-order valence-electron chi connectivity index (χ2n) is 4.60. The zero-order valence-corrected chi connectivity index (χ0v) is 13.8. The number of hydrogen-bond donors (Lipinski definition) is 1. The van der Waals surface area contributed by atoms with Crippen molar-refractivity contribution >= 4 is 27.3 Å². The summed E-state index contributed by atoms with van der Waals surface area (Å²) in [5.74, 6) is 0. The first-order chi connectivity index (χ1) is 9.22. The zero-order chi connectivity index (χ0) is 13.7. The zero-order valence-electron chi connectivity index (χ0n) is 11.4. The van der Waals surface area contributed by atoms with Crippen molar-refractivity contribution in [3.8, 4) is 0 Å². The molecular formula is C14H20BrN3S. The molecule has 2 heterocycles. The topological polar surface area (TPSA) is 29.9 Å². The van der Waals surface area contributed by atoms with Gasteiger partial charge < -0.3 is 5.32 Å². The van der Waals surface area contributed by atoms with Gasteiger partial charge in [0.25, 0.3) is 0 Å². The van der Waals surface area contributed by atoms with Crippen LogP contribution in [0.2, 0.25) is 0 Å². The monoisotopic (exact) mass is 341 g/mol. The molecule has 2 aromatic heterocycles. The third-order valence-electron chi connectivity index (χ3n) is 3.08. The number of nitrogens with zero attached hydrogens (tertiary/aromatic N) is 2. The van der Waals surface area contributed by atoms with Gasteiger partial charge >= 0.3 is 0 Å². The minimum Gasteiger partial charge on any atom is -0.310 e. The smallest absolute Gasteiger partial charge is 0.0701 e. The fraction of sp³-hybridized carbons (Fsp3) is 0.500. The van der Waals surface area contributed by atoms with E-state index in [1.807, 2.05) is 10.9 Å². The van der Waals surface area contributed by atoms with E-state index in [0.29, 0.717) is 6.04 Å². The predicted octanol–water partition coefficient (Wildman–Crippen LogP) is 4.01. The highest BCUT2D eigenvalue weighted by molar-refractivity contribution is 9.11. The molecule has 0 saturated carbocycles. The van der Waals surface area contributed by atoms with Gasteiger partial charge in [0, 0.05) is 18.8 Å². The molecule has 1 N–H and O–H groups in total. The first kappa shape index (κ1) is 14.8. The SMILES string of the molecule is CCCNC(Cc1cnn(CC)c1)c1csc(Br)c1. The lowest BCUT2D eigenvalue weighted by molar-refractivity contribution is 0.530. The highest BCUT2D eigenvalue weighted by Crippen LogP contribution is 2.27. The van der Waals surface area contributed by atoms with Crippen LogP contribution in [0.5, 0.6) is 0 Å². The van der Waals surface area contributed by atoms with Gasteiger partial charge in [-0.25, -0.2) is 0 Å². The summed E-state index contributed by atoms with van der Waals surface area (Å²) in [5, 5.41) is 10.2. The molecule has 0 spiro atoms. The number of nitrogens with one attached hydrogen (secondary N) is 1. The Labute approximate surface area is 127 Å². The maximum Gasteiger partial charge on any atom is 0.0701 e. The van der Waals surface area contributed by atoms with Crippen molar-refractivity contribution in [2.75, 3.05) is 6.54 Å². The van der Waals surface area contributed by atoms with Crippen LogP contribution in [0.15, 0.2) is 27.6 Å². The Morgan fingerprint density at radius 1 is 1.47 bits per heavy atom. The molecule has 1 unspecified atom stereocenters. The van der Waals surface area contributed by atoms with Crippen molar-refractivity contribution in [2.45, 2.75) is 39.3 Å². The van der Waals surface area contributed by atoms with Gasteiger partial charge in [-0.2, -0.15) is 5.10 Å². The highest BCUT2D eigenvalue weighted by atomic mass is 79.9. The lowest BCUT2D eigenvalue weighted by Gasteiger charge is -2.16. The van der Waals surface area contributed by atoms with E-state index >= 15 is 0 Å². The van der Waals surface area contributed by atoms with Crippen molar-refractivity contribution < 1.29 is 0 Å². The third-order valence-corrected chi connectivity index (χ3v) is 4.60. The molecule has 0 bridgehead atoms. The molecule has 0 saturated heterocycles. The van der Waals surface area contributed by atoms with Gasteiger partial charge in [-0.3, -0.25) is 4.68 Å². The number of hydrogen-bond acceptors (Lipinski definition) is 3. The van der Waals surface area contributed by atoms with E-state index in [0.717, 1.165) is 25.9 Å². The Hall–Kier alpha value is -0.650. The largest absolute Gasteiger partial charge is 0.310 e. The van der Waals surface area contributed by atoms with Gasteiger partial charge in [0.1, 0.15) is 0 Å². The molecule has 0 aliphatic carbocycles. The molecule has 2 rings (SSSR count). The van der Waals surface area contributed by atoms with Crippen LogP contribution >= 0.6 is 27.3 Å². The Kier molecular flexibility index (Phi) is 5.60. The van der Waals surface area contributed by atoms with E-state index < -0.39 is 0 Å². The van der Waals surface area contributed by atoms with Crippen LogP contribution in [0, 0.1) is 0 Å². The number of rotatable bonds is 7. The summed E-state index contributed by atoms with van der Waals surface area (Å²) >= 11 is 5.29. The van der Waals surface area contributed by atoms with Gasteiger partial charge in [-0.15, -0.1) is 11.3 Å². The van der Waals surface area contributed by atoms with Crippen LogP contribution in [0.3, 0.4) is 0 Å². The lowest BCUT2D eigenvalue weighted by Crippen LogP contribution is -2.23. The van der Waals surface area contributed by atoms with E-state index in [9.17, 15) is 0 Å². The van der Waals surface area contributed by atoms with Gasteiger partial charge in [0.2, 0.25) is 0 Å². The van der Waals surface area contributed by atoms with Gasteiger partial charge in [-0.1, -0.05) is 6.92 Å². The Morgan fingerprint density at radius 3 is 2.89 bits per heavy atom. The minimum absolute atomic E-state index is 0.372. The Balaban J connectivity index is 2.09. The molecule has 0 fully saturated rings. The maximum absolute atomic E-state index is 4.35. The first-order valence-corrected chi connectivity index (χ1v) is 8.38. The summed E-state index contributed by atoms with van der Waals surface area (Å²) in [5.41, 5.74) is 2.65. The fourth-order valence-electron chi connectivity index (χ4n) is 2.05. The predicted molar refractivity (Wildman–Crippen MR) is 84.7 cm³/mol. The van der Waals surface area contributed by atoms with Gasteiger partial charge in [0.05, 0.1) is 9.98 Å². The molecule has 5 heteroatoms. The average molecular weight is 342 g/mol. The molecule has 0 amide bonds. The second-order valence-corrected chi connectivity index (χ2v) is 6.89. The van der Waals surface area contributed by atoms with E-state index in [1.165, 1.54) is 14.9 Å². The van der Waals surface area contributed by atoms with Crippen molar-refractivity contribution in [2.24, 2.45) is 0 Å². The standard InChI is InChI=1S/C14H20BrN3S/c1-3-5-16-13(12-7-14(15)19-10-12)6-11-8-17-18(4-2)9-11/h7-10,13,16H,3-6H2,1-2H3. The van der Waals surface area contributed by atoms with E-state index in [-0.39, 0.29) is 0 Å². The van der Waals surface area contributed by atoms with Gasteiger partial charge in [0.15, 0.2) is 0 Å².